The summed E-state index contributed by atoms with van der Waals surface area (Å²) in [6.07, 6.45) is 5.79. The van der Waals surface area contributed by atoms with Gasteiger partial charge in [0, 0.05) is 41.1 Å². The highest BCUT2D eigenvalue weighted by Gasteiger charge is 2.28. The fourth-order valence-electron chi connectivity index (χ4n) is 6.29. The lowest BCUT2D eigenvalue weighted by Crippen LogP contribution is -2.46. The van der Waals surface area contributed by atoms with Gasteiger partial charge >= 0.3 is 6.03 Å². The van der Waals surface area contributed by atoms with Gasteiger partial charge in [-0.2, -0.15) is 5.10 Å². The molecular formula is C34H32N6O2. The summed E-state index contributed by atoms with van der Waals surface area (Å²) >= 11 is 0. The van der Waals surface area contributed by atoms with Crippen molar-refractivity contribution in [3.8, 4) is 0 Å². The number of para-hydroxylation sites is 1. The Labute approximate surface area is 242 Å². The van der Waals surface area contributed by atoms with Gasteiger partial charge in [-0.15, -0.1) is 0 Å². The zero-order valence-electron chi connectivity index (χ0n) is 23.4. The molecular weight excluding hydrogens is 524 g/mol. The van der Waals surface area contributed by atoms with Crippen molar-refractivity contribution >= 4 is 38.6 Å². The Morgan fingerprint density at radius 2 is 1.71 bits per heavy atom. The van der Waals surface area contributed by atoms with Crippen LogP contribution in [0.4, 0.5) is 4.79 Å². The number of aryl methyl sites for hydroxylation is 1. The second-order valence-electron chi connectivity index (χ2n) is 11.3. The van der Waals surface area contributed by atoms with Gasteiger partial charge in [0.2, 0.25) is 0 Å². The zero-order valence-corrected chi connectivity index (χ0v) is 23.4. The number of hydrogen-bond acceptors (Lipinski definition) is 4. The van der Waals surface area contributed by atoms with Crippen molar-refractivity contribution in [3.63, 3.8) is 0 Å². The first-order valence-corrected chi connectivity index (χ1v) is 14.5. The summed E-state index contributed by atoms with van der Waals surface area (Å²) in [5, 5.41) is 14.8. The summed E-state index contributed by atoms with van der Waals surface area (Å²) in [4.78, 5) is 36.2. The monoisotopic (exact) mass is 556 g/mol. The molecule has 7 rings (SSSR count). The molecule has 0 radical (unpaired) electrons. The third-order valence-electron chi connectivity index (χ3n) is 8.56. The standard InChI is InChI=1S/C34H32N6O2/c1-21-14-22(15-27-20-36-39-32(21)27)16-31(30-18-24-6-2-3-8-26(24)19-35-30)38-34(42)40-12-10-23(11-13-40)28-17-25-7-4-5-9-29(25)37-33(28)41/h2-9,14-15,17-20,23,31H,10-13,16H2,1H3,(H,36,39)(H,37,41)(H,38,42). The molecule has 4 heterocycles. The highest BCUT2D eigenvalue weighted by Crippen LogP contribution is 2.29. The molecule has 6 aromatic rings. The number of aromatic nitrogens is 4. The maximum Gasteiger partial charge on any atom is 0.317 e. The van der Waals surface area contributed by atoms with E-state index >= 15 is 0 Å². The number of hydrogen-bond donors (Lipinski definition) is 3. The van der Waals surface area contributed by atoms with Gasteiger partial charge < -0.3 is 15.2 Å². The molecule has 0 aliphatic carbocycles. The van der Waals surface area contributed by atoms with Crippen molar-refractivity contribution in [3.05, 3.63) is 118 Å². The van der Waals surface area contributed by atoms with Crippen molar-refractivity contribution in [2.75, 3.05) is 13.1 Å². The summed E-state index contributed by atoms with van der Waals surface area (Å²) in [5.74, 6) is 0.116. The normalized spacial score (nSPS) is 14.9. The Balaban J connectivity index is 1.11. The minimum atomic E-state index is -0.313. The number of piperidine rings is 1. The Morgan fingerprint density at radius 3 is 2.55 bits per heavy atom. The molecule has 1 fully saturated rings. The lowest BCUT2D eigenvalue weighted by molar-refractivity contribution is 0.177. The smallest absolute Gasteiger partial charge is 0.317 e. The minimum Gasteiger partial charge on any atom is -0.329 e. The summed E-state index contributed by atoms with van der Waals surface area (Å²) in [6, 6.07) is 23.9. The molecule has 3 N–H and O–H groups in total. The molecule has 210 valence electrons. The summed E-state index contributed by atoms with van der Waals surface area (Å²) in [7, 11) is 0. The van der Waals surface area contributed by atoms with Gasteiger partial charge in [0.05, 0.1) is 23.4 Å². The number of urea groups is 1. The average molecular weight is 557 g/mol. The Bertz CT molecular complexity index is 1990. The molecule has 2 amide bonds. The van der Waals surface area contributed by atoms with Crippen LogP contribution < -0.4 is 10.9 Å². The average Bonchev–Trinajstić information content (AvgIpc) is 3.50. The number of benzene rings is 3. The Morgan fingerprint density at radius 1 is 0.952 bits per heavy atom. The largest absolute Gasteiger partial charge is 0.329 e. The van der Waals surface area contributed by atoms with E-state index in [1.807, 2.05) is 65.8 Å². The highest BCUT2D eigenvalue weighted by atomic mass is 16.2. The maximum absolute atomic E-state index is 13.7. The third kappa shape index (κ3) is 5.00. The number of pyridine rings is 2. The number of amides is 2. The van der Waals surface area contributed by atoms with Gasteiger partial charge in [0.1, 0.15) is 0 Å². The first-order chi connectivity index (χ1) is 20.5. The fraction of sp³-hybridized carbons (Fsp3) is 0.235. The van der Waals surface area contributed by atoms with E-state index in [-0.39, 0.29) is 23.6 Å². The number of aromatic amines is 2. The molecule has 1 saturated heterocycles. The molecule has 1 unspecified atom stereocenters. The molecule has 1 aliphatic heterocycles. The molecule has 0 bridgehead atoms. The highest BCUT2D eigenvalue weighted by molar-refractivity contribution is 5.83. The van der Waals surface area contributed by atoms with E-state index in [2.05, 4.69) is 51.7 Å². The number of H-pyrrole nitrogens is 2. The molecule has 8 heteroatoms. The Hall–Kier alpha value is -4.98. The van der Waals surface area contributed by atoms with Crippen molar-refractivity contribution in [2.24, 2.45) is 0 Å². The quantitative estimate of drug-likeness (QED) is 0.237. The van der Waals surface area contributed by atoms with E-state index in [9.17, 15) is 9.59 Å². The predicted molar refractivity (Wildman–Crippen MR) is 166 cm³/mol. The molecule has 42 heavy (non-hydrogen) atoms. The van der Waals surface area contributed by atoms with Crippen LogP contribution in [0.25, 0.3) is 32.6 Å². The molecule has 3 aromatic heterocycles. The summed E-state index contributed by atoms with van der Waals surface area (Å²) in [6.45, 7) is 3.23. The summed E-state index contributed by atoms with van der Waals surface area (Å²) in [5.41, 5.74) is 5.68. The van der Waals surface area contributed by atoms with E-state index in [0.29, 0.717) is 19.5 Å². The topological polar surface area (TPSA) is 107 Å². The third-order valence-corrected chi connectivity index (χ3v) is 8.56. The van der Waals surface area contributed by atoms with Crippen LogP contribution >= 0.6 is 0 Å². The van der Waals surface area contributed by atoms with E-state index in [1.165, 1.54) is 0 Å². The van der Waals surface area contributed by atoms with Gasteiger partial charge in [0.25, 0.3) is 5.56 Å². The van der Waals surface area contributed by atoms with Crippen molar-refractivity contribution in [2.45, 2.75) is 38.1 Å². The van der Waals surface area contributed by atoms with Crippen LogP contribution in [0.3, 0.4) is 0 Å². The number of nitrogens with zero attached hydrogens (tertiary/aromatic N) is 3. The predicted octanol–water partition coefficient (Wildman–Crippen LogP) is 6.13. The van der Waals surface area contributed by atoms with Crippen LogP contribution in [0.15, 0.2) is 90.0 Å². The number of fused-ring (bicyclic) bond motifs is 3. The van der Waals surface area contributed by atoms with Crippen molar-refractivity contribution < 1.29 is 4.79 Å². The van der Waals surface area contributed by atoms with Crippen LogP contribution in [-0.2, 0) is 6.42 Å². The van der Waals surface area contributed by atoms with E-state index in [1.54, 1.807) is 0 Å². The van der Waals surface area contributed by atoms with Gasteiger partial charge in [-0.05, 0) is 78.3 Å². The SMILES string of the molecule is Cc1cc(CC(NC(=O)N2CCC(c3cc4ccccc4[nH]c3=O)CC2)c2cc3ccccc3cn2)cc2cn[nH]c12. The van der Waals surface area contributed by atoms with E-state index in [0.717, 1.165) is 67.8 Å². The van der Waals surface area contributed by atoms with E-state index in [4.69, 9.17) is 4.98 Å². The first-order valence-electron chi connectivity index (χ1n) is 14.5. The lowest BCUT2D eigenvalue weighted by atomic mass is 9.89. The number of carbonyl (C=O) groups is 1. The molecule has 8 nitrogen and oxygen atoms in total. The van der Waals surface area contributed by atoms with Crippen LogP contribution in [0.5, 0.6) is 0 Å². The molecule has 0 saturated carbocycles. The lowest BCUT2D eigenvalue weighted by Gasteiger charge is -2.33. The second-order valence-corrected chi connectivity index (χ2v) is 11.3. The molecule has 1 aliphatic rings. The zero-order chi connectivity index (χ0) is 28.6. The van der Waals surface area contributed by atoms with Crippen molar-refractivity contribution in [1.82, 2.24) is 30.4 Å². The molecule has 3 aromatic carbocycles. The second kappa shape index (κ2) is 10.8. The van der Waals surface area contributed by atoms with Crippen LogP contribution in [0.2, 0.25) is 0 Å². The van der Waals surface area contributed by atoms with Crippen LogP contribution in [0.1, 0.15) is 47.2 Å². The first kappa shape index (κ1) is 26.0. The number of rotatable bonds is 5. The fourth-order valence-corrected chi connectivity index (χ4v) is 6.29. The van der Waals surface area contributed by atoms with Gasteiger partial charge in [-0.3, -0.25) is 14.9 Å². The van der Waals surface area contributed by atoms with Gasteiger partial charge in [-0.25, -0.2) is 4.79 Å². The molecule has 1 atom stereocenters. The van der Waals surface area contributed by atoms with Crippen molar-refractivity contribution in [1.29, 1.82) is 0 Å². The summed E-state index contributed by atoms with van der Waals surface area (Å²) < 4.78 is 0. The Kier molecular flexibility index (Phi) is 6.66. The van der Waals surface area contributed by atoms with Gasteiger partial charge in [0.15, 0.2) is 0 Å². The van der Waals surface area contributed by atoms with Crippen LogP contribution in [-0.4, -0.2) is 44.2 Å². The number of likely N-dealkylation sites (tertiary alicyclic amines) is 1. The van der Waals surface area contributed by atoms with Crippen LogP contribution in [0, 0.1) is 6.92 Å². The number of carbonyl (C=O) groups excluding carboxylic acids is 1. The molecule has 0 spiro atoms. The number of nitrogens with one attached hydrogen (secondary N) is 3. The van der Waals surface area contributed by atoms with E-state index < -0.39 is 0 Å². The minimum absolute atomic E-state index is 0.0380. The maximum atomic E-state index is 13.7. The van der Waals surface area contributed by atoms with Gasteiger partial charge in [-0.1, -0.05) is 48.5 Å².